The highest BCUT2D eigenvalue weighted by molar-refractivity contribution is 5.92. The van der Waals surface area contributed by atoms with E-state index in [4.69, 9.17) is 0 Å². The molecule has 1 unspecified atom stereocenters. The van der Waals surface area contributed by atoms with Crippen molar-refractivity contribution >= 4 is 5.91 Å². The first-order chi connectivity index (χ1) is 11.0. The van der Waals surface area contributed by atoms with Crippen molar-refractivity contribution in [1.82, 2.24) is 19.9 Å². The lowest BCUT2D eigenvalue weighted by molar-refractivity contribution is -0.183. The highest BCUT2D eigenvalue weighted by Crippen LogP contribution is 2.32. The molecule has 1 atom stereocenters. The molecule has 1 amide bonds. The van der Waals surface area contributed by atoms with Crippen LogP contribution in [0.5, 0.6) is 0 Å². The van der Waals surface area contributed by atoms with Crippen LogP contribution in [0.3, 0.4) is 0 Å². The largest absolute Gasteiger partial charge is 0.408 e. The quantitative estimate of drug-likeness (QED) is 0.853. The fourth-order valence-electron chi connectivity index (χ4n) is 2.71. The van der Waals surface area contributed by atoms with E-state index < -0.39 is 18.1 Å². The minimum Gasteiger partial charge on any atom is -0.325 e. The van der Waals surface area contributed by atoms with Crippen LogP contribution in [0.1, 0.15) is 29.8 Å². The van der Waals surface area contributed by atoms with E-state index in [0.29, 0.717) is 18.5 Å². The Morgan fingerprint density at radius 1 is 1.17 bits per heavy atom. The van der Waals surface area contributed by atoms with Gasteiger partial charge in [-0.15, -0.1) is 5.10 Å². The molecule has 1 aromatic carbocycles. The van der Waals surface area contributed by atoms with Crippen LogP contribution in [0, 0.1) is 0 Å². The molecule has 5 nitrogen and oxygen atoms in total. The van der Waals surface area contributed by atoms with Gasteiger partial charge < -0.3 is 4.90 Å². The van der Waals surface area contributed by atoms with Gasteiger partial charge in [0, 0.05) is 6.54 Å². The number of alkyl halides is 3. The average molecular weight is 324 g/mol. The summed E-state index contributed by atoms with van der Waals surface area (Å²) >= 11 is 0. The summed E-state index contributed by atoms with van der Waals surface area (Å²) in [7, 11) is 0. The summed E-state index contributed by atoms with van der Waals surface area (Å²) in [5.41, 5.74) is 0.558. The highest BCUT2D eigenvalue weighted by Gasteiger charge is 2.46. The first-order valence-corrected chi connectivity index (χ1v) is 7.32. The number of hydrogen-bond acceptors (Lipinski definition) is 3. The Kier molecular flexibility index (Phi) is 4.06. The van der Waals surface area contributed by atoms with Gasteiger partial charge in [-0.05, 0) is 31.4 Å². The number of benzene rings is 1. The first kappa shape index (κ1) is 15.5. The number of aromatic nitrogens is 3. The van der Waals surface area contributed by atoms with Crippen LogP contribution in [-0.2, 0) is 0 Å². The van der Waals surface area contributed by atoms with E-state index >= 15 is 0 Å². The Morgan fingerprint density at radius 2 is 1.91 bits per heavy atom. The molecule has 23 heavy (non-hydrogen) atoms. The molecule has 0 N–H and O–H groups in total. The van der Waals surface area contributed by atoms with Gasteiger partial charge in [0.25, 0.3) is 5.91 Å². The third-order valence-corrected chi connectivity index (χ3v) is 3.84. The van der Waals surface area contributed by atoms with Gasteiger partial charge in [0.2, 0.25) is 0 Å². The molecule has 2 heterocycles. The smallest absolute Gasteiger partial charge is 0.325 e. The Morgan fingerprint density at radius 3 is 2.61 bits per heavy atom. The van der Waals surface area contributed by atoms with Gasteiger partial charge in [0.15, 0.2) is 5.69 Å². The molecule has 1 aliphatic heterocycles. The van der Waals surface area contributed by atoms with Crippen molar-refractivity contribution < 1.29 is 18.0 Å². The summed E-state index contributed by atoms with van der Waals surface area (Å²) in [4.78, 5) is 14.5. The molecule has 0 bridgehead atoms. The van der Waals surface area contributed by atoms with Crippen molar-refractivity contribution in [3.63, 3.8) is 0 Å². The molecular weight excluding hydrogens is 309 g/mol. The monoisotopic (exact) mass is 324 g/mol. The number of carbonyl (C=O) groups excluding carboxylic acids is 1. The number of likely N-dealkylation sites (tertiary alicyclic amines) is 1. The molecule has 122 valence electrons. The van der Waals surface area contributed by atoms with Gasteiger partial charge >= 0.3 is 6.18 Å². The second-order valence-electron chi connectivity index (χ2n) is 5.41. The number of piperidine rings is 1. The Hall–Kier alpha value is -2.38. The summed E-state index contributed by atoms with van der Waals surface area (Å²) in [5.74, 6) is -0.728. The first-order valence-electron chi connectivity index (χ1n) is 7.32. The van der Waals surface area contributed by atoms with Crippen molar-refractivity contribution in [2.75, 3.05) is 6.54 Å². The molecule has 1 fully saturated rings. The number of hydrogen-bond donors (Lipinski definition) is 0. The SMILES string of the molecule is O=C(c1cnn(-c2ccccc2)n1)N1CCCCC1C(F)(F)F. The van der Waals surface area contributed by atoms with Crippen LogP contribution in [0.4, 0.5) is 13.2 Å². The summed E-state index contributed by atoms with van der Waals surface area (Å²) < 4.78 is 39.3. The Labute approximate surface area is 130 Å². The number of carbonyl (C=O) groups is 1. The molecule has 0 radical (unpaired) electrons. The minimum atomic E-state index is -4.43. The van der Waals surface area contributed by atoms with Gasteiger partial charge in [0.1, 0.15) is 6.04 Å². The van der Waals surface area contributed by atoms with E-state index in [1.807, 2.05) is 6.07 Å². The van der Waals surface area contributed by atoms with Crippen molar-refractivity contribution in [2.45, 2.75) is 31.5 Å². The fourth-order valence-corrected chi connectivity index (χ4v) is 2.71. The zero-order valence-corrected chi connectivity index (χ0v) is 12.2. The van der Waals surface area contributed by atoms with E-state index in [2.05, 4.69) is 10.2 Å². The predicted molar refractivity (Wildman–Crippen MR) is 76.1 cm³/mol. The van der Waals surface area contributed by atoms with Crippen LogP contribution in [-0.4, -0.2) is 44.6 Å². The lowest BCUT2D eigenvalue weighted by atomic mass is 10.0. The molecule has 1 saturated heterocycles. The number of para-hydroxylation sites is 1. The Bertz CT molecular complexity index is 684. The molecule has 1 aliphatic rings. The number of nitrogens with zero attached hydrogens (tertiary/aromatic N) is 4. The van der Waals surface area contributed by atoms with Crippen LogP contribution >= 0.6 is 0 Å². The second kappa shape index (κ2) is 6.02. The van der Waals surface area contributed by atoms with Gasteiger partial charge in [-0.3, -0.25) is 4.79 Å². The lowest BCUT2D eigenvalue weighted by Crippen LogP contribution is -2.51. The predicted octanol–water partition coefficient (Wildman–Crippen LogP) is 2.82. The molecule has 0 spiro atoms. The van der Waals surface area contributed by atoms with E-state index in [0.717, 1.165) is 4.90 Å². The summed E-state index contributed by atoms with van der Waals surface area (Å²) in [6.45, 7) is 0.0845. The lowest BCUT2D eigenvalue weighted by Gasteiger charge is -2.36. The Balaban J connectivity index is 1.84. The van der Waals surface area contributed by atoms with Crippen molar-refractivity contribution in [2.24, 2.45) is 0 Å². The second-order valence-corrected chi connectivity index (χ2v) is 5.41. The summed E-state index contributed by atoms with van der Waals surface area (Å²) in [6, 6.07) is 7.13. The average Bonchev–Trinajstić information content (AvgIpc) is 3.04. The van der Waals surface area contributed by atoms with E-state index in [1.54, 1.807) is 24.3 Å². The molecular formula is C15H15F3N4O. The van der Waals surface area contributed by atoms with E-state index in [9.17, 15) is 18.0 Å². The number of amides is 1. The summed E-state index contributed by atoms with van der Waals surface area (Å²) in [5, 5.41) is 7.99. The topological polar surface area (TPSA) is 51.0 Å². The third kappa shape index (κ3) is 3.20. The van der Waals surface area contributed by atoms with Crippen molar-refractivity contribution in [3.8, 4) is 5.69 Å². The highest BCUT2D eigenvalue weighted by atomic mass is 19.4. The molecule has 1 aromatic heterocycles. The maximum absolute atomic E-state index is 13.1. The van der Waals surface area contributed by atoms with Crippen LogP contribution in [0.2, 0.25) is 0 Å². The molecule has 8 heteroatoms. The van der Waals surface area contributed by atoms with Crippen LogP contribution in [0.25, 0.3) is 5.69 Å². The van der Waals surface area contributed by atoms with Gasteiger partial charge in [-0.1, -0.05) is 18.2 Å². The zero-order chi connectivity index (χ0) is 16.4. The van der Waals surface area contributed by atoms with Crippen molar-refractivity contribution in [3.05, 3.63) is 42.2 Å². The number of halogens is 3. The fraction of sp³-hybridized carbons (Fsp3) is 0.400. The van der Waals surface area contributed by atoms with Gasteiger partial charge in [-0.2, -0.15) is 23.1 Å². The maximum Gasteiger partial charge on any atom is 0.408 e. The van der Waals surface area contributed by atoms with Crippen LogP contribution < -0.4 is 0 Å². The molecule has 3 rings (SSSR count). The minimum absolute atomic E-state index is 0.0674. The third-order valence-electron chi connectivity index (χ3n) is 3.84. The zero-order valence-electron chi connectivity index (χ0n) is 12.2. The number of rotatable bonds is 2. The van der Waals surface area contributed by atoms with Gasteiger partial charge in [0.05, 0.1) is 11.9 Å². The maximum atomic E-state index is 13.1. The van der Waals surface area contributed by atoms with E-state index in [-0.39, 0.29) is 18.7 Å². The van der Waals surface area contributed by atoms with Crippen LogP contribution in [0.15, 0.2) is 36.5 Å². The van der Waals surface area contributed by atoms with E-state index in [1.165, 1.54) is 11.0 Å². The molecule has 0 saturated carbocycles. The molecule has 2 aromatic rings. The molecule has 0 aliphatic carbocycles. The van der Waals surface area contributed by atoms with Crippen molar-refractivity contribution in [1.29, 1.82) is 0 Å². The van der Waals surface area contributed by atoms with Gasteiger partial charge in [-0.25, -0.2) is 0 Å². The standard InChI is InChI=1S/C15H15F3N4O/c16-15(17,18)13-8-4-5-9-21(13)14(23)12-10-19-22(20-12)11-6-2-1-3-7-11/h1-3,6-7,10,13H,4-5,8-9H2. The normalized spacial score (nSPS) is 18.9. The summed E-state index contributed by atoms with van der Waals surface area (Å²) in [6.07, 6.45) is -2.26.